The first kappa shape index (κ1) is 51.0. The lowest BCUT2D eigenvalue weighted by atomic mass is 9.98. The Morgan fingerprint density at radius 2 is 0.385 bits per heavy atom. The van der Waals surface area contributed by atoms with Gasteiger partial charge in [0.1, 0.15) is 0 Å². The second-order valence-corrected chi connectivity index (χ2v) is 24.6. The van der Waals surface area contributed by atoms with Crippen LogP contribution in [0.3, 0.4) is 0 Å². The van der Waals surface area contributed by atoms with Gasteiger partial charge in [0.2, 0.25) is 0 Å². The van der Waals surface area contributed by atoms with Crippen LogP contribution in [0.2, 0.25) is 0 Å². The topological polar surface area (TPSA) is 25.6 Å². The van der Waals surface area contributed by atoms with E-state index in [0.29, 0.717) is 0 Å². The lowest BCUT2D eigenvalue weighted by Gasteiger charge is -2.11. The van der Waals surface area contributed by atoms with E-state index >= 15 is 0 Å². The summed E-state index contributed by atoms with van der Waals surface area (Å²) in [6.45, 7) is 0. The van der Waals surface area contributed by atoms with E-state index < -0.39 is 0 Å². The second-order valence-electron chi connectivity index (χ2n) is 24.6. The lowest BCUT2D eigenvalue weighted by Crippen LogP contribution is -1.94. The summed E-state index contributed by atoms with van der Waals surface area (Å²) in [5, 5.41) is 17.3. The molecular formula is C88H55N3. The highest BCUT2D eigenvalue weighted by atomic mass is 15.0. The first-order chi connectivity index (χ1) is 45.0. The third-order valence-corrected chi connectivity index (χ3v) is 19.4. The number of nitrogens with one attached hydrogen (secondary N) is 1. The third-order valence-electron chi connectivity index (χ3n) is 19.4. The van der Waals surface area contributed by atoms with Gasteiger partial charge in [-0.3, -0.25) is 0 Å². The number of aromatic nitrogens is 3. The Labute approximate surface area is 525 Å². The quantitative estimate of drug-likeness (QED) is 0.157. The highest BCUT2D eigenvalue weighted by Crippen LogP contribution is 2.42. The van der Waals surface area contributed by atoms with E-state index in [0.717, 1.165) is 22.4 Å². The fraction of sp³-hybridized carbons (Fsp3) is 0. The number of hydrogen-bond donors (Lipinski definition) is 1. The summed E-state index contributed by atoms with van der Waals surface area (Å²) in [5.74, 6) is 0. The molecule has 0 atom stereocenters. The molecule has 0 spiro atoms. The standard InChI is InChI=1S/C88H55N3/c1-5-13-61-45-65(21-17-55(61)9-1)71-31-41-85-79(51-71)80-52-72(66-22-18-56-10-2-6-14-62(56)46-66)32-42-86(80)90(85)75-35-25-59(26-36-75)69-29-39-83-77(49-69)78-50-70(30-40-84(78)89-83)60-27-37-76(38-28-60)91-87-43-33-73(67-23-19-57-11-3-7-15-63(57)47-67)53-81(87)82-54-74(34-44-88(82)91)68-24-20-58-12-4-8-16-64(58)48-68/h1-54,89H. The molecule has 3 nitrogen and oxygen atoms in total. The molecule has 3 aromatic heterocycles. The zero-order chi connectivity index (χ0) is 59.7. The van der Waals surface area contributed by atoms with Crippen LogP contribution in [0.1, 0.15) is 0 Å². The fourth-order valence-corrected chi connectivity index (χ4v) is 14.7. The number of hydrogen-bond acceptors (Lipinski definition) is 0. The minimum absolute atomic E-state index is 1.12. The largest absolute Gasteiger partial charge is 0.355 e. The Morgan fingerprint density at radius 3 is 0.681 bits per heavy atom. The number of aromatic amines is 1. The van der Waals surface area contributed by atoms with Gasteiger partial charge in [0.25, 0.3) is 0 Å². The van der Waals surface area contributed by atoms with Crippen molar-refractivity contribution in [1.29, 1.82) is 0 Å². The summed E-state index contributed by atoms with van der Waals surface area (Å²) in [4.78, 5) is 3.74. The predicted molar refractivity (Wildman–Crippen MR) is 387 cm³/mol. The molecule has 0 aliphatic heterocycles. The van der Waals surface area contributed by atoms with Crippen molar-refractivity contribution in [1.82, 2.24) is 14.1 Å². The van der Waals surface area contributed by atoms with Crippen LogP contribution in [0.5, 0.6) is 0 Å². The molecule has 422 valence electrons. The molecule has 19 aromatic rings. The molecule has 0 amide bonds. The number of benzene rings is 16. The zero-order valence-corrected chi connectivity index (χ0v) is 49.6. The smallest absolute Gasteiger partial charge is 0.0541 e. The molecule has 0 bridgehead atoms. The van der Waals surface area contributed by atoms with Gasteiger partial charge in [-0.1, -0.05) is 206 Å². The van der Waals surface area contributed by atoms with Crippen molar-refractivity contribution in [3.05, 3.63) is 328 Å². The monoisotopic (exact) mass is 1150 g/mol. The summed E-state index contributed by atoms with van der Waals surface area (Å²) < 4.78 is 4.88. The summed E-state index contributed by atoms with van der Waals surface area (Å²) in [7, 11) is 0. The molecule has 0 aliphatic rings. The third kappa shape index (κ3) is 8.51. The minimum Gasteiger partial charge on any atom is -0.355 e. The molecule has 0 saturated heterocycles. The fourth-order valence-electron chi connectivity index (χ4n) is 14.7. The molecule has 0 fully saturated rings. The van der Waals surface area contributed by atoms with Gasteiger partial charge in [-0.2, -0.15) is 0 Å². The maximum Gasteiger partial charge on any atom is 0.0541 e. The van der Waals surface area contributed by atoms with Gasteiger partial charge in [0.05, 0.1) is 22.1 Å². The Kier molecular flexibility index (Phi) is 11.4. The van der Waals surface area contributed by atoms with Crippen molar-refractivity contribution in [2.24, 2.45) is 0 Å². The number of fused-ring (bicyclic) bond motifs is 13. The highest BCUT2D eigenvalue weighted by Gasteiger charge is 2.19. The first-order valence-electron chi connectivity index (χ1n) is 31.4. The average Bonchev–Trinajstić information content (AvgIpc) is 1.64. The van der Waals surface area contributed by atoms with Crippen LogP contribution in [0.15, 0.2) is 328 Å². The van der Waals surface area contributed by atoms with Gasteiger partial charge in [-0.15, -0.1) is 0 Å². The van der Waals surface area contributed by atoms with Gasteiger partial charge >= 0.3 is 0 Å². The molecule has 3 heterocycles. The maximum absolute atomic E-state index is 3.74. The Morgan fingerprint density at radius 1 is 0.165 bits per heavy atom. The van der Waals surface area contributed by atoms with E-state index in [4.69, 9.17) is 0 Å². The van der Waals surface area contributed by atoms with Crippen LogP contribution in [-0.4, -0.2) is 14.1 Å². The molecule has 0 aliphatic carbocycles. The molecular weight excluding hydrogens is 1100 g/mol. The number of H-pyrrole nitrogens is 1. The molecule has 0 saturated carbocycles. The van der Waals surface area contributed by atoms with Crippen molar-refractivity contribution in [3.63, 3.8) is 0 Å². The molecule has 3 heteroatoms. The minimum atomic E-state index is 1.12. The van der Waals surface area contributed by atoms with Crippen molar-refractivity contribution in [2.45, 2.75) is 0 Å². The molecule has 19 rings (SSSR count). The lowest BCUT2D eigenvalue weighted by molar-refractivity contribution is 1.18. The summed E-state index contributed by atoms with van der Waals surface area (Å²) in [6, 6.07) is 122. The zero-order valence-electron chi connectivity index (χ0n) is 49.6. The predicted octanol–water partition coefficient (Wildman–Crippen LogP) is 24.1. The Bertz CT molecular complexity index is 5540. The van der Waals surface area contributed by atoms with Gasteiger partial charge in [0.15, 0.2) is 0 Å². The second kappa shape index (κ2) is 20.3. The molecule has 91 heavy (non-hydrogen) atoms. The Balaban J connectivity index is 0.664. The number of nitrogens with zero attached hydrogens (tertiary/aromatic N) is 2. The van der Waals surface area contributed by atoms with Crippen LogP contribution in [0, 0.1) is 0 Å². The van der Waals surface area contributed by atoms with Gasteiger partial charge in [-0.25, -0.2) is 0 Å². The van der Waals surface area contributed by atoms with Gasteiger partial charge in [-0.05, 0) is 231 Å². The van der Waals surface area contributed by atoms with E-state index in [2.05, 4.69) is 342 Å². The van der Waals surface area contributed by atoms with E-state index in [-0.39, 0.29) is 0 Å². The van der Waals surface area contributed by atoms with Crippen LogP contribution >= 0.6 is 0 Å². The van der Waals surface area contributed by atoms with Crippen molar-refractivity contribution in [3.8, 4) is 78.1 Å². The van der Waals surface area contributed by atoms with E-state index in [1.165, 1.54) is 164 Å². The highest BCUT2D eigenvalue weighted by molar-refractivity contribution is 6.14. The Hall–Kier alpha value is -12.0. The molecule has 1 N–H and O–H groups in total. The summed E-state index contributed by atoms with van der Waals surface area (Å²) in [5.41, 5.74) is 23.6. The molecule has 0 radical (unpaired) electrons. The van der Waals surface area contributed by atoms with E-state index in [1.807, 2.05) is 0 Å². The molecule has 0 unspecified atom stereocenters. The van der Waals surface area contributed by atoms with Crippen LogP contribution in [0.25, 0.3) is 187 Å². The molecule has 16 aromatic carbocycles. The van der Waals surface area contributed by atoms with Gasteiger partial charge in [0, 0.05) is 54.7 Å². The summed E-state index contributed by atoms with van der Waals surface area (Å²) in [6.07, 6.45) is 0. The van der Waals surface area contributed by atoms with Crippen molar-refractivity contribution < 1.29 is 0 Å². The van der Waals surface area contributed by atoms with Crippen LogP contribution < -0.4 is 0 Å². The average molecular weight is 1150 g/mol. The van der Waals surface area contributed by atoms with Crippen LogP contribution in [0.4, 0.5) is 0 Å². The maximum atomic E-state index is 3.74. The van der Waals surface area contributed by atoms with Crippen molar-refractivity contribution >= 4 is 109 Å². The SMILES string of the molecule is c1ccc2cc(-c3ccc4c(c3)c3cc(-c5ccc6ccccc6c5)ccc3n4-c3ccc(-c4ccc5[nH]c6ccc(-c7ccc(-n8c9ccc(-c%10ccc%11ccccc%11c%10)cc9c9cc(-c%10ccc%11ccccc%11c%10)ccc98)cc7)cc6c5c4)cc3)ccc2c1. The van der Waals surface area contributed by atoms with E-state index in [1.54, 1.807) is 0 Å². The normalized spacial score (nSPS) is 12.0. The van der Waals surface area contributed by atoms with Crippen molar-refractivity contribution in [2.75, 3.05) is 0 Å². The van der Waals surface area contributed by atoms with Gasteiger partial charge < -0.3 is 14.1 Å². The van der Waals surface area contributed by atoms with E-state index in [9.17, 15) is 0 Å². The number of rotatable bonds is 8. The van der Waals surface area contributed by atoms with Crippen LogP contribution in [-0.2, 0) is 0 Å². The summed E-state index contributed by atoms with van der Waals surface area (Å²) >= 11 is 0. The first-order valence-corrected chi connectivity index (χ1v) is 31.4.